The van der Waals surface area contributed by atoms with E-state index in [1.54, 1.807) is 6.07 Å². The maximum atomic E-state index is 13.8. The molecule has 0 N–H and O–H groups in total. The maximum absolute atomic E-state index is 13.8. The van der Waals surface area contributed by atoms with Crippen molar-refractivity contribution in [3.05, 3.63) is 39.5 Å². The van der Waals surface area contributed by atoms with Crippen LogP contribution >= 0.6 is 35.6 Å². The van der Waals surface area contributed by atoms with Gasteiger partial charge in [0.15, 0.2) is 0 Å². The summed E-state index contributed by atoms with van der Waals surface area (Å²) in [5, 5.41) is 0.268. The van der Waals surface area contributed by atoms with Crippen molar-refractivity contribution < 1.29 is 13.9 Å². The number of rotatable bonds is 3. The summed E-state index contributed by atoms with van der Waals surface area (Å²) in [5.74, 6) is -0.679. The minimum Gasteiger partial charge on any atom is -0.376 e. The number of nitrogens with zero attached hydrogens (tertiary/aromatic N) is 1. The molecule has 1 amide bonds. The lowest BCUT2D eigenvalue weighted by Crippen LogP contribution is -2.35. The first-order valence-electron chi connectivity index (χ1n) is 6.87. The summed E-state index contributed by atoms with van der Waals surface area (Å²) in [6.45, 7) is 1.17. The molecule has 7 heteroatoms. The molecule has 0 unspecified atom stereocenters. The van der Waals surface area contributed by atoms with Gasteiger partial charge >= 0.3 is 0 Å². The average molecular weight is 358 g/mol. The van der Waals surface area contributed by atoms with E-state index in [0.717, 1.165) is 19.4 Å². The summed E-state index contributed by atoms with van der Waals surface area (Å²) in [6.07, 6.45) is 3.42. The van der Waals surface area contributed by atoms with Crippen LogP contribution in [0.15, 0.2) is 23.1 Å². The molecular formula is C15H13ClFNO2S2. The molecule has 0 spiro atoms. The number of amides is 1. The lowest BCUT2D eigenvalue weighted by Gasteiger charge is -2.18. The standard InChI is InChI=1S/C15H13ClFNO2S2/c16-11-4-1-5-12(17)10(11)7-13-14(19)18(15(21)22-13)8-9-3-2-6-20-9/h1,4-5,7,9H,2-3,6,8H2/b13-7-/t9-/m1/s1. The number of hydrogen-bond acceptors (Lipinski definition) is 4. The van der Waals surface area contributed by atoms with Crippen LogP contribution in [0.1, 0.15) is 18.4 Å². The minimum absolute atomic E-state index is 0.0268. The highest BCUT2D eigenvalue weighted by molar-refractivity contribution is 8.26. The van der Waals surface area contributed by atoms with E-state index in [2.05, 4.69) is 0 Å². The lowest BCUT2D eigenvalue weighted by atomic mass is 10.2. The molecule has 1 aromatic rings. The minimum atomic E-state index is -0.461. The van der Waals surface area contributed by atoms with E-state index >= 15 is 0 Å². The molecule has 1 aromatic carbocycles. The van der Waals surface area contributed by atoms with Crippen LogP contribution in [0.3, 0.4) is 0 Å². The molecule has 22 heavy (non-hydrogen) atoms. The number of thioether (sulfide) groups is 1. The maximum Gasteiger partial charge on any atom is 0.266 e. The van der Waals surface area contributed by atoms with Gasteiger partial charge in [0.1, 0.15) is 10.1 Å². The van der Waals surface area contributed by atoms with E-state index in [1.165, 1.54) is 34.9 Å². The number of carbonyl (C=O) groups is 1. The first kappa shape index (κ1) is 15.9. The van der Waals surface area contributed by atoms with Crippen molar-refractivity contribution >= 4 is 51.9 Å². The number of ether oxygens (including phenoxy) is 1. The quantitative estimate of drug-likeness (QED) is 0.607. The summed E-state index contributed by atoms with van der Waals surface area (Å²) in [6, 6.07) is 4.42. The van der Waals surface area contributed by atoms with Gasteiger partial charge in [-0.2, -0.15) is 0 Å². The zero-order chi connectivity index (χ0) is 15.7. The van der Waals surface area contributed by atoms with Gasteiger partial charge < -0.3 is 4.74 Å². The second kappa shape index (κ2) is 6.66. The fourth-order valence-corrected chi connectivity index (χ4v) is 3.90. The van der Waals surface area contributed by atoms with Crippen molar-refractivity contribution in [2.24, 2.45) is 0 Å². The average Bonchev–Trinajstić information content (AvgIpc) is 3.07. The van der Waals surface area contributed by atoms with Gasteiger partial charge in [-0.15, -0.1) is 0 Å². The number of halogens is 2. The Morgan fingerprint density at radius 1 is 1.55 bits per heavy atom. The normalized spacial score (nSPS) is 23.8. The van der Waals surface area contributed by atoms with Gasteiger partial charge in [0.25, 0.3) is 5.91 Å². The molecule has 2 fully saturated rings. The first-order valence-corrected chi connectivity index (χ1v) is 8.47. The van der Waals surface area contributed by atoms with Gasteiger partial charge in [-0.3, -0.25) is 9.69 Å². The van der Waals surface area contributed by atoms with E-state index < -0.39 is 5.82 Å². The highest BCUT2D eigenvalue weighted by atomic mass is 35.5. The Morgan fingerprint density at radius 2 is 2.36 bits per heavy atom. The Kier molecular flexibility index (Phi) is 4.82. The molecule has 0 bridgehead atoms. The van der Waals surface area contributed by atoms with Gasteiger partial charge in [-0.05, 0) is 31.1 Å². The van der Waals surface area contributed by atoms with Crippen molar-refractivity contribution in [2.75, 3.05) is 13.2 Å². The van der Waals surface area contributed by atoms with Crippen LogP contribution in [0.5, 0.6) is 0 Å². The smallest absolute Gasteiger partial charge is 0.266 e. The summed E-state index contributed by atoms with van der Waals surface area (Å²) in [4.78, 5) is 14.4. The molecule has 0 radical (unpaired) electrons. The summed E-state index contributed by atoms with van der Waals surface area (Å²) in [7, 11) is 0. The van der Waals surface area contributed by atoms with Crippen LogP contribution in [0.25, 0.3) is 6.08 Å². The molecule has 0 aliphatic carbocycles. The van der Waals surface area contributed by atoms with Crippen LogP contribution in [-0.4, -0.2) is 34.4 Å². The van der Waals surface area contributed by atoms with E-state index in [1.807, 2.05) is 0 Å². The monoisotopic (exact) mass is 357 g/mol. The molecular weight excluding hydrogens is 345 g/mol. The fourth-order valence-electron chi connectivity index (χ4n) is 2.43. The van der Waals surface area contributed by atoms with Crippen molar-refractivity contribution in [3.63, 3.8) is 0 Å². The predicted molar refractivity (Wildman–Crippen MR) is 90.3 cm³/mol. The number of benzene rings is 1. The highest BCUT2D eigenvalue weighted by Gasteiger charge is 2.34. The van der Waals surface area contributed by atoms with Crippen molar-refractivity contribution in [1.82, 2.24) is 4.90 Å². The summed E-state index contributed by atoms with van der Waals surface area (Å²) in [5.41, 5.74) is 0.210. The third-order valence-corrected chi connectivity index (χ3v) is 5.27. The fraction of sp³-hybridized carbons (Fsp3) is 0.333. The Bertz CT molecular complexity index is 639. The topological polar surface area (TPSA) is 29.5 Å². The van der Waals surface area contributed by atoms with Crippen molar-refractivity contribution in [3.8, 4) is 0 Å². The second-order valence-corrected chi connectivity index (χ2v) is 7.15. The van der Waals surface area contributed by atoms with E-state index in [0.29, 0.717) is 15.8 Å². The number of carbonyl (C=O) groups excluding carboxylic acids is 1. The van der Waals surface area contributed by atoms with Crippen LogP contribution in [0.2, 0.25) is 5.02 Å². The first-order chi connectivity index (χ1) is 10.6. The molecule has 3 rings (SSSR count). The van der Waals surface area contributed by atoms with Crippen molar-refractivity contribution in [2.45, 2.75) is 18.9 Å². The molecule has 116 valence electrons. The summed E-state index contributed by atoms with van der Waals surface area (Å²) >= 11 is 12.4. The lowest BCUT2D eigenvalue weighted by molar-refractivity contribution is -0.123. The molecule has 2 aliphatic rings. The third-order valence-electron chi connectivity index (χ3n) is 3.56. The third kappa shape index (κ3) is 3.20. The highest BCUT2D eigenvalue weighted by Crippen LogP contribution is 2.35. The Balaban J connectivity index is 1.82. The Hall–Kier alpha value is -0.950. The Morgan fingerprint density at radius 3 is 3.05 bits per heavy atom. The Labute approximate surface area is 142 Å². The van der Waals surface area contributed by atoms with Crippen molar-refractivity contribution in [1.29, 1.82) is 0 Å². The van der Waals surface area contributed by atoms with E-state index in [9.17, 15) is 9.18 Å². The molecule has 1 atom stereocenters. The van der Waals surface area contributed by atoms with E-state index in [4.69, 9.17) is 28.6 Å². The largest absolute Gasteiger partial charge is 0.376 e. The van der Waals surface area contributed by atoms with Gasteiger partial charge in [0.05, 0.1) is 22.6 Å². The van der Waals surface area contributed by atoms with Crippen LogP contribution in [0.4, 0.5) is 4.39 Å². The van der Waals surface area contributed by atoms with Gasteiger partial charge in [0, 0.05) is 12.2 Å². The van der Waals surface area contributed by atoms with Crippen LogP contribution in [-0.2, 0) is 9.53 Å². The van der Waals surface area contributed by atoms with Gasteiger partial charge in [-0.1, -0.05) is 41.6 Å². The predicted octanol–water partition coefficient (Wildman–Crippen LogP) is 3.86. The zero-order valence-corrected chi connectivity index (χ0v) is 13.9. The second-order valence-electron chi connectivity index (χ2n) is 5.06. The molecule has 2 heterocycles. The summed E-state index contributed by atoms with van der Waals surface area (Å²) < 4.78 is 19.8. The van der Waals surface area contributed by atoms with Crippen LogP contribution in [0, 0.1) is 5.82 Å². The zero-order valence-electron chi connectivity index (χ0n) is 11.6. The molecule has 0 saturated carbocycles. The van der Waals surface area contributed by atoms with Crippen LogP contribution < -0.4 is 0 Å². The molecule has 2 aliphatic heterocycles. The van der Waals surface area contributed by atoms with Gasteiger partial charge in [0.2, 0.25) is 0 Å². The molecule has 0 aromatic heterocycles. The number of thiocarbonyl (C=S) groups is 1. The molecule has 2 saturated heterocycles. The van der Waals surface area contributed by atoms with E-state index in [-0.39, 0.29) is 22.6 Å². The van der Waals surface area contributed by atoms with Gasteiger partial charge in [-0.25, -0.2) is 4.39 Å². The number of hydrogen-bond donors (Lipinski definition) is 0. The molecule has 3 nitrogen and oxygen atoms in total. The SMILES string of the molecule is O=C1/C(=C/c2c(F)cccc2Cl)SC(=S)N1C[C@H]1CCCO1.